The highest BCUT2D eigenvalue weighted by molar-refractivity contribution is 6.17. The molecular formula is C46H26N4O2. The quantitative estimate of drug-likeness (QED) is 0.186. The van der Waals surface area contributed by atoms with Gasteiger partial charge in [-0.05, 0) is 70.4 Å². The SMILES string of the molecule is c1ccc(-c2nc(-c3cc4ccccc4cc3-c3cccc4oc5cc6cccnc6cc5c34)nc(-c3cccc4oc5ccccc5c34)n2)cc1. The van der Waals surface area contributed by atoms with Crippen LogP contribution in [0, 0.1) is 0 Å². The van der Waals surface area contributed by atoms with Crippen LogP contribution in [0.25, 0.3) is 111 Å². The molecule has 0 bridgehead atoms. The summed E-state index contributed by atoms with van der Waals surface area (Å²) >= 11 is 0. The first-order chi connectivity index (χ1) is 25.7. The fraction of sp³-hybridized carbons (Fsp3) is 0. The zero-order chi connectivity index (χ0) is 34.2. The number of hydrogen-bond acceptors (Lipinski definition) is 6. The average molecular weight is 667 g/mol. The number of rotatable bonds is 4. The first-order valence-corrected chi connectivity index (χ1v) is 17.2. The van der Waals surface area contributed by atoms with E-state index in [-0.39, 0.29) is 0 Å². The minimum absolute atomic E-state index is 0.574. The maximum Gasteiger partial charge on any atom is 0.164 e. The summed E-state index contributed by atoms with van der Waals surface area (Å²) in [5.41, 5.74) is 8.85. The summed E-state index contributed by atoms with van der Waals surface area (Å²) in [6.45, 7) is 0. The first kappa shape index (κ1) is 28.6. The Labute approximate surface area is 296 Å². The Morgan fingerprint density at radius 1 is 0.365 bits per heavy atom. The van der Waals surface area contributed by atoms with Crippen molar-refractivity contribution >= 4 is 65.6 Å². The Bertz CT molecular complexity index is 3200. The number of benzene rings is 7. The number of furan rings is 2. The molecule has 0 fully saturated rings. The van der Waals surface area contributed by atoms with Gasteiger partial charge in [0.15, 0.2) is 17.5 Å². The lowest BCUT2D eigenvalue weighted by molar-refractivity contribution is 0.669. The van der Waals surface area contributed by atoms with E-state index in [4.69, 9.17) is 23.8 Å². The highest BCUT2D eigenvalue weighted by atomic mass is 16.3. The van der Waals surface area contributed by atoms with Gasteiger partial charge in [-0.15, -0.1) is 0 Å². The van der Waals surface area contributed by atoms with Crippen molar-refractivity contribution in [2.45, 2.75) is 0 Å². The predicted octanol–water partition coefficient (Wildman–Crippen LogP) is 12.0. The number of hydrogen-bond donors (Lipinski definition) is 0. The molecule has 0 atom stereocenters. The van der Waals surface area contributed by atoms with Crippen molar-refractivity contribution in [2.75, 3.05) is 0 Å². The summed E-state index contributed by atoms with van der Waals surface area (Å²) in [6, 6.07) is 51.6. The second-order valence-electron chi connectivity index (χ2n) is 13.0. The highest BCUT2D eigenvalue weighted by Gasteiger charge is 2.22. The van der Waals surface area contributed by atoms with Gasteiger partial charge < -0.3 is 8.83 Å². The molecule has 0 unspecified atom stereocenters. The molecule has 52 heavy (non-hydrogen) atoms. The lowest BCUT2D eigenvalue weighted by atomic mass is 9.92. The molecular weight excluding hydrogens is 641 g/mol. The number of nitrogens with zero attached hydrogens (tertiary/aromatic N) is 4. The summed E-state index contributed by atoms with van der Waals surface area (Å²) in [4.78, 5) is 20.3. The van der Waals surface area contributed by atoms with Crippen LogP contribution in [0.2, 0.25) is 0 Å². The summed E-state index contributed by atoms with van der Waals surface area (Å²) in [7, 11) is 0. The predicted molar refractivity (Wildman–Crippen MR) is 209 cm³/mol. The van der Waals surface area contributed by atoms with E-state index in [1.54, 1.807) is 0 Å². The zero-order valence-electron chi connectivity index (χ0n) is 27.6. The molecule has 7 aromatic carbocycles. The Balaban J connectivity index is 1.23. The Hall–Kier alpha value is -7.18. The summed E-state index contributed by atoms with van der Waals surface area (Å²) in [5, 5.41) is 7.27. The molecule has 6 heteroatoms. The van der Waals surface area contributed by atoms with Crippen molar-refractivity contribution in [3.05, 3.63) is 158 Å². The van der Waals surface area contributed by atoms with Crippen molar-refractivity contribution in [1.29, 1.82) is 0 Å². The van der Waals surface area contributed by atoms with Crippen LogP contribution in [0.3, 0.4) is 0 Å². The normalized spacial score (nSPS) is 11.8. The fourth-order valence-corrected chi connectivity index (χ4v) is 7.56. The third kappa shape index (κ3) is 4.44. The molecule has 11 aromatic rings. The van der Waals surface area contributed by atoms with Gasteiger partial charge in [-0.25, -0.2) is 15.0 Å². The van der Waals surface area contributed by atoms with E-state index >= 15 is 0 Å². The third-order valence-corrected chi connectivity index (χ3v) is 9.95. The molecule has 6 nitrogen and oxygen atoms in total. The molecule has 242 valence electrons. The van der Waals surface area contributed by atoms with Crippen molar-refractivity contribution in [3.8, 4) is 45.3 Å². The molecule has 4 heterocycles. The fourth-order valence-electron chi connectivity index (χ4n) is 7.56. The van der Waals surface area contributed by atoms with Gasteiger partial charge in [0, 0.05) is 49.8 Å². The highest BCUT2D eigenvalue weighted by Crippen LogP contribution is 2.43. The monoisotopic (exact) mass is 666 g/mol. The van der Waals surface area contributed by atoms with E-state index < -0.39 is 0 Å². The van der Waals surface area contributed by atoms with Gasteiger partial charge in [0.1, 0.15) is 22.3 Å². The van der Waals surface area contributed by atoms with E-state index in [9.17, 15) is 0 Å². The van der Waals surface area contributed by atoms with E-state index in [0.29, 0.717) is 17.5 Å². The van der Waals surface area contributed by atoms with Gasteiger partial charge in [0.25, 0.3) is 0 Å². The van der Waals surface area contributed by atoms with E-state index in [0.717, 1.165) is 93.4 Å². The molecule has 11 rings (SSSR count). The smallest absolute Gasteiger partial charge is 0.164 e. The number of fused-ring (bicyclic) bond motifs is 8. The van der Waals surface area contributed by atoms with Crippen molar-refractivity contribution in [1.82, 2.24) is 19.9 Å². The van der Waals surface area contributed by atoms with E-state index in [1.807, 2.05) is 79.0 Å². The van der Waals surface area contributed by atoms with Crippen LogP contribution >= 0.6 is 0 Å². The van der Waals surface area contributed by atoms with E-state index in [1.165, 1.54) is 0 Å². The van der Waals surface area contributed by atoms with Gasteiger partial charge in [-0.2, -0.15) is 0 Å². The maximum absolute atomic E-state index is 6.50. The molecule has 0 radical (unpaired) electrons. The van der Waals surface area contributed by atoms with Crippen LogP contribution in [-0.4, -0.2) is 19.9 Å². The number of para-hydroxylation sites is 1. The topological polar surface area (TPSA) is 77.8 Å². The van der Waals surface area contributed by atoms with Crippen LogP contribution in [0.1, 0.15) is 0 Å². The van der Waals surface area contributed by atoms with Crippen LogP contribution in [0.15, 0.2) is 167 Å². The van der Waals surface area contributed by atoms with Gasteiger partial charge in [-0.1, -0.05) is 103 Å². The molecule has 0 amide bonds. The molecule has 0 N–H and O–H groups in total. The second-order valence-corrected chi connectivity index (χ2v) is 13.0. The lowest BCUT2D eigenvalue weighted by Crippen LogP contribution is -2.01. The van der Waals surface area contributed by atoms with Crippen molar-refractivity contribution in [2.24, 2.45) is 0 Å². The summed E-state index contributed by atoms with van der Waals surface area (Å²) < 4.78 is 12.8. The molecule has 0 saturated carbocycles. The van der Waals surface area contributed by atoms with Crippen molar-refractivity contribution in [3.63, 3.8) is 0 Å². The standard InChI is InChI=1S/C46H26N4O2/c1-2-11-27(12-3-1)44-48-45(33-18-9-21-40-43(33)32-16-6-7-19-38(32)51-40)50-46(49-44)35-24-29-14-5-4-13-28(29)23-34(35)31-17-8-20-39-42(31)36-26-37-30(15-10-22-47-37)25-41(36)52-39/h1-26H. The first-order valence-electron chi connectivity index (χ1n) is 17.2. The van der Waals surface area contributed by atoms with Gasteiger partial charge >= 0.3 is 0 Å². The summed E-state index contributed by atoms with van der Waals surface area (Å²) in [5.74, 6) is 1.74. The van der Waals surface area contributed by atoms with Crippen LogP contribution < -0.4 is 0 Å². The molecule has 0 aliphatic carbocycles. The third-order valence-electron chi connectivity index (χ3n) is 9.95. The Morgan fingerprint density at radius 2 is 0.981 bits per heavy atom. The minimum atomic E-state index is 0.574. The van der Waals surface area contributed by atoms with Crippen LogP contribution in [0.5, 0.6) is 0 Å². The van der Waals surface area contributed by atoms with Crippen LogP contribution in [0.4, 0.5) is 0 Å². The van der Waals surface area contributed by atoms with Gasteiger partial charge in [-0.3, -0.25) is 4.98 Å². The second kappa shape index (κ2) is 11.2. The van der Waals surface area contributed by atoms with Crippen molar-refractivity contribution < 1.29 is 8.83 Å². The zero-order valence-corrected chi connectivity index (χ0v) is 27.6. The Morgan fingerprint density at radius 3 is 1.81 bits per heavy atom. The largest absolute Gasteiger partial charge is 0.456 e. The minimum Gasteiger partial charge on any atom is -0.456 e. The van der Waals surface area contributed by atoms with Gasteiger partial charge in [0.2, 0.25) is 0 Å². The van der Waals surface area contributed by atoms with Gasteiger partial charge in [0.05, 0.1) is 5.52 Å². The molecule has 0 saturated heterocycles. The lowest BCUT2D eigenvalue weighted by Gasteiger charge is -2.15. The number of pyridine rings is 1. The number of aromatic nitrogens is 4. The maximum atomic E-state index is 6.50. The Kier molecular flexibility index (Phi) is 6.15. The molecule has 4 aromatic heterocycles. The summed E-state index contributed by atoms with van der Waals surface area (Å²) in [6.07, 6.45) is 1.83. The molecule has 0 aliphatic heterocycles. The average Bonchev–Trinajstić information content (AvgIpc) is 3.77. The molecule has 0 spiro atoms. The molecule has 0 aliphatic rings. The van der Waals surface area contributed by atoms with E-state index in [2.05, 4.69) is 83.8 Å². The van der Waals surface area contributed by atoms with Crippen LogP contribution in [-0.2, 0) is 0 Å².